The summed E-state index contributed by atoms with van der Waals surface area (Å²) in [6.07, 6.45) is -4.37. The van der Waals surface area contributed by atoms with Crippen LogP contribution >= 0.6 is 0 Å². The van der Waals surface area contributed by atoms with E-state index in [0.717, 1.165) is 17.7 Å². The second-order valence-electron chi connectivity index (χ2n) is 6.06. The van der Waals surface area contributed by atoms with Gasteiger partial charge in [0.25, 0.3) is 0 Å². The molecule has 0 bridgehead atoms. The molecule has 4 nitrogen and oxygen atoms in total. The monoisotopic (exact) mass is 365 g/mol. The highest BCUT2D eigenvalue weighted by atomic mass is 19.4. The van der Waals surface area contributed by atoms with E-state index in [1.165, 1.54) is 12.1 Å². The predicted octanol–water partition coefficient (Wildman–Crippen LogP) is 3.90. The van der Waals surface area contributed by atoms with Crippen LogP contribution in [0.2, 0.25) is 0 Å². The molecule has 1 atom stereocenters. The Kier molecular flexibility index (Phi) is 5.06. The summed E-state index contributed by atoms with van der Waals surface area (Å²) in [5.41, 5.74) is 0.645. The Balaban J connectivity index is 1.61. The molecule has 1 aliphatic heterocycles. The number of fused-ring (bicyclic) bond motifs is 1. The van der Waals surface area contributed by atoms with Gasteiger partial charge in [-0.2, -0.15) is 13.2 Å². The average Bonchev–Trinajstić information content (AvgIpc) is 2.61. The molecule has 0 saturated carbocycles. The van der Waals surface area contributed by atoms with Gasteiger partial charge < -0.3 is 14.8 Å². The molecule has 3 rings (SSSR count). The number of carbonyl (C=O) groups excluding carboxylic acids is 1. The summed E-state index contributed by atoms with van der Waals surface area (Å²) in [5, 5.41) is 2.84. The minimum absolute atomic E-state index is 0.00697. The van der Waals surface area contributed by atoms with Crippen molar-refractivity contribution < 1.29 is 27.4 Å². The van der Waals surface area contributed by atoms with Gasteiger partial charge in [-0.3, -0.25) is 4.79 Å². The van der Waals surface area contributed by atoms with Gasteiger partial charge in [0.05, 0.1) is 18.0 Å². The van der Waals surface area contributed by atoms with Crippen LogP contribution in [0.25, 0.3) is 0 Å². The van der Waals surface area contributed by atoms with E-state index in [9.17, 15) is 18.0 Å². The third-order valence-corrected chi connectivity index (χ3v) is 4.09. The van der Waals surface area contributed by atoms with Crippen LogP contribution in [0.15, 0.2) is 42.5 Å². The van der Waals surface area contributed by atoms with Crippen molar-refractivity contribution in [2.75, 3.05) is 13.2 Å². The highest BCUT2D eigenvalue weighted by Gasteiger charge is 2.30. The van der Waals surface area contributed by atoms with Gasteiger partial charge in [0, 0.05) is 0 Å². The fourth-order valence-electron chi connectivity index (χ4n) is 2.70. The van der Waals surface area contributed by atoms with Crippen molar-refractivity contribution >= 4 is 5.91 Å². The maximum Gasteiger partial charge on any atom is 0.416 e. The summed E-state index contributed by atoms with van der Waals surface area (Å²) < 4.78 is 48.7. The number of carbonyl (C=O) groups is 1. The van der Waals surface area contributed by atoms with Gasteiger partial charge in [-0.25, -0.2) is 0 Å². The lowest BCUT2D eigenvalue weighted by atomic mass is 10.1. The highest BCUT2D eigenvalue weighted by molar-refractivity contribution is 5.79. The molecule has 0 spiro atoms. The van der Waals surface area contributed by atoms with Crippen LogP contribution in [0.1, 0.15) is 29.7 Å². The zero-order valence-electron chi connectivity index (χ0n) is 14.1. The topological polar surface area (TPSA) is 47.6 Å². The first-order valence-electron chi connectivity index (χ1n) is 8.18. The number of benzene rings is 2. The first kappa shape index (κ1) is 18.1. The molecule has 1 aliphatic rings. The summed E-state index contributed by atoms with van der Waals surface area (Å²) in [7, 11) is 0. The van der Waals surface area contributed by atoms with Crippen LogP contribution < -0.4 is 14.8 Å². The third-order valence-electron chi connectivity index (χ3n) is 4.09. The van der Waals surface area contributed by atoms with E-state index < -0.39 is 11.7 Å². The molecular formula is C19H18F3NO3. The van der Waals surface area contributed by atoms with E-state index in [2.05, 4.69) is 5.32 Å². The summed E-state index contributed by atoms with van der Waals surface area (Å²) in [4.78, 5) is 12.2. The van der Waals surface area contributed by atoms with Crippen LogP contribution in [0.4, 0.5) is 13.2 Å². The first-order chi connectivity index (χ1) is 12.3. The van der Waals surface area contributed by atoms with Gasteiger partial charge in [0.15, 0.2) is 11.5 Å². The molecule has 0 radical (unpaired) electrons. The number of nitrogens with one attached hydrogen (secondary N) is 1. The lowest BCUT2D eigenvalue weighted by Crippen LogP contribution is -2.28. The van der Waals surface area contributed by atoms with Crippen LogP contribution in [-0.2, 0) is 17.4 Å². The third kappa shape index (κ3) is 4.28. The molecular weight excluding hydrogens is 347 g/mol. The Morgan fingerprint density at radius 2 is 1.73 bits per heavy atom. The highest BCUT2D eigenvalue weighted by Crippen LogP contribution is 2.32. The number of amides is 1. The van der Waals surface area contributed by atoms with Gasteiger partial charge in [-0.15, -0.1) is 0 Å². The summed E-state index contributed by atoms with van der Waals surface area (Å²) in [6.45, 7) is 2.81. The van der Waals surface area contributed by atoms with Gasteiger partial charge in [-0.1, -0.05) is 18.2 Å². The standard InChI is InChI=1S/C19H18F3NO3/c1-12(14-4-7-16-17(11-14)26-9-8-25-16)23-18(24)10-13-2-5-15(6-3-13)19(20,21)22/h2-7,11-12H,8-10H2,1H3,(H,23,24)/t12-/m0/s1. The van der Waals surface area contributed by atoms with Crippen molar-refractivity contribution in [1.29, 1.82) is 0 Å². The molecule has 0 unspecified atom stereocenters. The van der Waals surface area contributed by atoms with Crippen molar-refractivity contribution in [2.24, 2.45) is 0 Å². The number of ether oxygens (including phenoxy) is 2. The molecule has 0 aromatic heterocycles. The number of hydrogen-bond donors (Lipinski definition) is 1. The Hall–Kier alpha value is -2.70. The Morgan fingerprint density at radius 1 is 1.08 bits per heavy atom. The van der Waals surface area contributed by atoms with Crippen molar-refractivity contribution in [3.05, 3.63) is 59.2 Å². The lowest BCUT2D eigenvalue weighted by molar-refractivity contribution is -0.137. The number of alkyl halides is 3. The van der Waals surface area contributed by atoms with Gasteiger partial charge in [-0.05, 0) is 42.3 Å². The quantitative estimate of drug-likeness (QED) is 0.894. The molecule has 2 aromatic rings. The largest absolute Gasteiger partial charge is 0.486 e. The normalized spacial score (nSPS) is 14.6. The van der Waals surface area contributed by atoms with Crippen molar-refractivity contribution in [2.45, 2.75) is 25.6 Å². The second-order valence-corrected chi connectivity index (χ2v) is 6.06. The smallest absolute Gasteiger partial charge is 0.416 e. The molecule has 26 heavy (non-hydrogen) atoms. The zero-order chi connectivity index (χ0) is 18.7. The Labute approximate surface area is 148 Å². The maximum absolute atomic E-state index is 12.6. The summed E-state index contributed by atoms with van der Waals surface area (Å²) in [5.74, 6) is 1.04. The number of hydrogen-bond acceptors (Lipinski definition) is 3. The molecule has 1 amide bonds. The molecule has 7 heteroatoms. The van der Waals surface area contributed by atoms with Gasteiger partial charge >= 0.3 is 6.18 Å². The van der Waals surface area contributed by atoms with E-state index in [1.54, 1.807) is 6.07 Å². The Morgan fingerprint density at radius 3 is 2.38 bits per heavy atom. The SMILES string of the molecule is C[C@H](NC(=O)Cc1ccc(C(F)(F)F)cc1)c1ccc2c(c1)OCCO2. The minimum atomic E-state index is -4.38. The van der Waals surface area contributed by atoms with E-state index >= 15 is 0 Å². The van der Waals surface area contributed by atoms with Crippen molar-refractivity contribution in [3.63, 3.8) is 0 Å². The van der Waals surface area contributed by atoms with Crippen molar-refractivity contribution in [3.8, 4) is 11.5 Å². The molecule has 138 valence electrons. The van der Waals surface area contributed by atoms with E-state index in [-0.39, 0.29) is 18.4 Å². The minimum Gasteiger partial charge on any atom is -0.486 e. The number of halogens is 3. The zero-order valence-corrected chi connectivity index (χ0v) is 14.1. The maximum atomic E-state index is 12.6. The molecule has 2 aromatic carbocycles. The fraction of sp³-hybridized carbons (Fsp3) is 0.316. The van der Waals surface area contributed by atoms with E-state index in [0.29, 0.717) is 30.3 Å². The summed E-state index contributed by atoms with van der Waals surface area (Å²) in [6, 6.07) is 9.78. The van der Waals surface area contributed by atoms with Crippen LogP contribution in [-0.4, -0.2) is 19.1 Å². The van der Waals surface area contributed by atoms with Gasteiger partial charge in [0.2, 0.25) is 5.91 Å². The molecule has 0 saturated heterocycles. The average molecular weight is 365 g/mol. The first-order valence-corrected chi connectivity index (χ1v) is 8.18. The molecule has 1 N–H and O–H groups in total. The molecule has 0 fully saturated rings. The lowest BCUT2D eigenvalue weighted by Gasteiger charge is -2.21. The van der Waals surface area contributed by atoms with Crippen LogP contribution in [0.3, 0.4) is 0 Å². The number of rotatable bonds is 4. The fourth-order valence-corrected chi connectivity index (χ4v) is 2.70. The van der Waals surface area contributed by atoms with E-state index in [1.807, 2.05) is 19.1 Å². The van der Waals surface area contributed by atoms with Crippen molar-refractivity contribution in [1.82, 2.24) is 5.32 Å². The van der Waals surface area contributed by atoms with Gasteiger partial charge in [0.1, 0.15) is 13.2 Å². The molecule has 1 heterocycles. The predicted molar refractivity (Wildman–Crippen MR) is 89.1 cm³/mol. The Bertz CT molecular complexity index is 788. The molecule has 0 aliphatic carbocycles. The summed E-state index contributed by atoms with van der Waals surface area (Å²) >= 11 is 0. The van der Waals surface area contributed by atoms with Crippen LogP contribution in [0.5, 0.6) is 11.5 Å². The van der Waals surface area contributed by atoms with E-state index in [4.69, 9.17) is 9.47 Å². The van der Waals surface area contributed by atoms with Crippen LogP contribution in [0, 0.1) is 0 Å². The second kappa shape index (κ2) is 7.27.